The summed E-state index contributed by atoms with van der Waals surface area (Å²) in [5.41, 5.74) is 2.02. The van der Waals surface area contributed by atoms with Gasteiger partial charge in [0.2, 0.25) is 5.91 Å². The van der Waals surface area contributed by atoms with Crippen molar-refractivity contribution in [2.45, 2.75) is 44.4 Å². The first-order valence-electron chi connectivity index (χ1n) is 9.46. The Labute approximate surface area is 184 Å². The smallest absolute Gasteiger partial charge is 0.227 e. The van der Waals surface area contributed by atoms with Crippen LogP contribution in [-0.4, -0.2) is 47.4 Å². The largest absolute Gasteiger partial charge is 0.352 e. The lowest BCUT2D eigenvalue weighted by molar-refractivity contribution is -0.122. The Kier molecular flexibility index (Phi) is 8.27. The van der Waals surface area contributed by atoms with Crippen LogP contribution in [0.4, 0.5) is 5.69 Å². The molecule has 1 heterocycles. The summed E-state index contributed by atoms with van der Waals surface area (Å²) in [6.45, 7) is 7.28. The van der Waals surface area contributed by atoms with Gasteiger partial charge in [-0.3, -0.25) is 9.79 Å². The molecule has 0 unspecified atom stereocenters. The molecule has 0 radical (unpaired) electrons. The summed E-state index contributed by atoms with van der Waals surface area (Å²) in [4.78, 5) is 18.9. The van der Waals surface area contributed by atoms with Crippen LogP contribution in [0.3, 0.4) is 0 Å². The minimum absolute atomic E-state index is 0. The quantitative estimate of drug-likeness (QED) is 0.372. The van der Waals surface area contributed by atoms with Crippen LogP contribution >= 0.6 is 35.7 Å². The van der Waals surface area contributed by atoms with Gasteiger partial charge in [0.25, 0.3) is 0 Å². The standard InChI is InChI=1S/C20H30N4OS.HI/c1-20(2)14-24(10-11-26-20)19(21-3)22-13-15-6-4-9-17(12-15)23-18(25)16-7-5-8-16;/h4,6,9,12,16H,5,7-8,10-11,13-14H2,1-3H3,(H,21,22)(H,23,25);1H. The molecule has 1 aliphatic heterocycles. The summed E-state index contributed by atoms with van der Waals surface area (Å²) in [5, 5.41) is 6.52. The van der Waals surface area contributed by atoms with Crippen molar-refractivity contribution < 1.29 is 4.79 Å². The number of carbonyl (C=O) groups is 1. The van der Waals surface area contributed by atoms with Crippen molar-refractivity contribution in [2.75, 3.05) is 31.2 Å². The van der Waals surface area contributed by atoms with Crippen LogP contribution in [0.2, 0.25) is 0 Å². The number of nitrogens with zero attached hydrogens (tertiary/aromatic N) is 2. The third-order valence-corrected chi connectivity index (χ3v) is 6.36. The Morgan fingerprint density at radius 1 is 1.37 bits per heavy atom. The third-order valence-electron chi connectivity index (χ3n) is 5.06. The first-order chi connectivity index (χ1) is 12.5. The SMILES string of the molecule is CN=C(NCc1cccc(NC(=O)C2CCC2)c1)N1CCSC(C)(C)C1.I. The van der Waals surface area contributed by atoms with Crippen LogP contribution in [0.15, 0.2) is 29.3 Å². The zero-order chi connectivity index (χ0) is 18.6. The molecular formula is C20H31IN4OS. The maximum absolute atomic E-state index is 12.1. The Morgan fingerprint density at radius 2 is 2.15 bits per heavy atom. The molecule has 7 heteroatoms. The van der Waals surface area contributed by atoms with Gasteiger partial charge in [0.15, 0.2) is 5.96 Å². The van der Waals surface area contributed by atoms with Gasteiger partial charge in [-0.2, -0.15) is 11.8 Å². The van der Waals surface area contributed by atoms with E-state index in [1.807, 2.05) is 37.0 Å². The molecule has 1 saturated heterocycles. The summed E-state index contributed by atoms with van der Waals surface area (Å²) >= 11 is 2.02. The predicted octanol–water partition coefficient (Wildman–Crippen LogP) is 3.95. The van der Waals surface area contributed by atoms with Crippen LogP contribution in [0.25, 0.3) is 0 Å². The van der Waals surface area contributed by atoms with E-state index in [1.54, 1.807) is 0 Å². The molecule has 3 rings (SSSR count). The van der Waals surface area contributed by atoms with E-state index >= 15 is 0 Å². The molecule has 0 aromatic heterocycles. The number of guanidine groups is 1. The molecule has 1 aliphatic carbocycles. The molecule has 27 heavy (non-hydrogen) atoms. The maximum Gasteiger partial charge on any atom is 0.227 e. The molecule has 0 bridgehead atoms. The van der Waals surface area contributed by atoms with Gasteiger partial charge in [0, 0.05) is 48.8 Å². The number of rotatable bonds is 4. The molecule has 2 fully saturated rings. The normalized spacial score (nSPS) is 19.7. The van der Waals surface area contributed by atoms with Gasteiger partial charge in [-0.1, -0.05) is 18.6 Å². The Bertz CT molecular complexity index is 676. The number of amides is 1. The Balaban J connectivity index is 0.00000261. The fourth-order valence-electron chi connectivity index (χ4n) is 3.38. The third kappa shape index (κ3) is 6.27. The van der Waals surface area contributed by atoms with E-state index in [0.29, 0.717) is 6.54 Å². The molecule has 5 nitrogen and oxygen atoms in total. The summed E-state index contributed by atoms with van der Waals surface area (Å²) in [7, 11) is 1.84. The monoisotopic (exact) mass is 502 g/mol. The average Bonchev–Trinajstić information content (AvgIpc) is 2.53. The van der Waals surface area contributed by atoms with Gasteiger partial charge in [-0.15, -0.1) is 24.0 Å². The molecule has 150 valence electrons. The van der Waals surface area contributed by atoms with E-state index in [-0.39, 0.29) is 40.5 Å². The fraction of sp³-hybridized carbons (Fsp3) is 0.600. The number of nitrogens with one attached hydrogen (secondary N) is 2. The van der Waals surface area contributed by atoms with Crippen molar-refractivity contribution in [3.05, 3.63) is 29.8 Å². The van der Waals surface area contributed by atoms with Gasteiger partial charge >= 0.3 is 0 Å². The van der Waals surface area contributed by atoms with Crippen molar-refractivity contribution in [1.82, 2.24) is 10.2 Å². The average molecular weight is 502 g/mol. The zero-order valence-electron chi connectivity index (χ0n) is 16.5. The van der Waals surface area contributed by atoms with Crippen molar-refractivity contribution in [2.24, 2.45) is 10.9 Å². The minimum Gasteiger partial charge on any atom is -0.352 e. The minimum atomic E-state index is 0. The molecule has 2 N–H and O–H groups in total. The predicted molar refractivity (Wildman–Crippen MR) is 126 cm³/mol. The second-order valence-corrected chi connectivity index (χ2v) is 9.55. The highest BCUT2D eigenvalue weighted by Crippen LogP contribution is 2.29. The Morgan fingerprint density at radius 3 is 2.78 bits per heavy atom. The highest BCUT2D eigenvalue weighted by atomic mass is 127. The lowest BCUT2D eigenvalue weighted by Crippen LogP contribution is -2.50. The topological polar surface area (TPSA) is 56.7 Å². The fourth-order valence-corrected chi connectivity index (χ4v) is 4.50. The van der Waals surface area contributed by atoms with Gasteiger partial charge in [-0.05, 0) is 44.4 Å². The van der Waals surface area contributed by atoms with E-state index in [0.717, 1.165) is 48.9 Å². The van der Waals surface area contributed by atoms with Crippen LogP contribution in [0, 0.1) is 5.92 Å². The number of hydrogen-bond acceptors (Lipinski definition) is 3. The number of benzene rings is 1. The second-order valence-electron chi connectivity index (χ2n) is 7.75. The number of thioether (sulfide) groups is 1. The highest BCUT2D eigenvalue weighted by Gasteiger charge is 2.28. The summed E-state index contributed by atoms with van der Waals surface area (Å²) in [5.74, 6) is 2.43. The molecular weight excluding hydrogens is 471 g/mol. The first-order valence-corrected chi connectivity index (χ1v) is 10.4. The molecule has 1 aromatic rings. The van der Waals surface area contributed by atoms with E-state index in [9.17, 15) is 4.79 Å². The van der Waals surface area contributed by atoms with Crippen LogP contribution in [0.1, 0.15) is 38.7 Å². The number of carbonyl (C=O) groups excluding carboxylic acids is 1. The van der Waals surface area contributed by atoms with Crippen molar-refractivity contribution in [3.63, 3.8) is 0 Å². The van der Waals surface area contributed by atoms with Gasteiger partial charge < -0.3 is 15.5 Å². The van der Waals surface area contributed by atoms with E-state index in [4.69, 9.17) is 0 Å². The van der Waals surface area contributed by atoms with E-state index in [1.165, 1.54) is 6.42 Å². The van der Waals surface area contributed by atoms with Crippen molar-refractivity contribution in [3.8, 4) is 0 Å². The number of hydrogen-bond donors (Lipinski definition) is 2. The highest BCUT2D eigenvalue weighted by molar-refractivity contribution is 14.0. The van der Waals surface area contributed by atoms with Crippen molar-refractivity contribution in [1.29, 1.82) is 0 Å². The summed E-state index contributed by atoms with van der Waals surface area (Å²) < 4.78 is 0.252. The molecule has 1 saturated carbocycles. The van der Waals surface area contributed by atoms with Crippen molar-refractivity contribution >= 4 is 53.3 Å². The van der Waals surface area contributed by atoms with Gasteiger partial charge in [0.1, 0.15) is 0 Å². The first kappa shape index (κ1) is 22.3. The lowest BCUT2D eigenvalue weighted by Gasteiger charge is -2.39. The van der Waals surface area contributed by atoms with Crippen LogP contribution in [0.5, 0.6) is 0 Å². The van der Waals surface area contributed by atoms with Gasteiger partial charge in [-0.25, -0.2) is 0 Å². The van der Waals surface area contributed by atoms with Crippen LogP contribution in [-0.2, 0) is 11.3 Å². The molecule has 0 spiro atoms. The molecule has 1 aromatic carbocycles. The van der Waals surface area contributed by atoms with E-state index < -0.39 is 0 Å². The van der Waals surface area contributed by atoms with Gasteiger partial charge in [0.05, 0.1) is 0 Å². The molecule has 2 aliphatic rings. The second kappa shape index (κ2) is 10.0. The van der Waals surface area contributed by atoms with Crippen LogP contribution < -0.4 is 10.6 Å². The zero-order valence-corrected chi connectivity index (χ0v) is 19.6. The summed E-state index contributed by atoms with van der Waals surface area (Å²) in [6, 6.07) is 8.08. The lowest BCUT2D eigenvalue weighted by atomic mass is 9.85. The molecule has 1 amide bonds. The Hall–Kier alpha value is -0.960. The number of anilines is 1. The molecule has 0 atom stereocenters. The maximum atomic E-state index is 12.1. The summed E-state index contributed by atoms with van der Waals surface area (Å²) in [6.07, 6.45) is 3.22. The number of aliphatic imine (C=N–C) groups is 1. The number of halogens is 1. The van der Waals surface area contributed by atoms with E-state index in [2.05, 4.69) is 40.4 Å².